The summed E-state index contributed by atoms with van der Waals surface area (Å²) >= 11 is 6.26. The molecule has 7 nitrogen and oxygen atoms in total. The van der Waals surface area contributed by atoms with E-state index in [1.807, 2.05) is 0 Å². The van der Waals surface area contributed by atoms with Gasteiger partial charge in [0, 0.05) is 25.1 Å². The Morgan fingerprint density at radius 2 is 1.83 bits per heavy atom. The van der Waals surface area contributed by atoms with E-state index in [1.165, 1.54) is 11.4 Å². The molecule has 0 aromatic rings. The van der Waals surface area contributed by atoms with E-state index in [1.54, 1.807) is 0 Å². The Kier molecular flexibility index (Phi) is 8.94. The lowest BCUT2D eigenvalue weighted by atomic mass is 9.84. The van der Waals surface area contributed by atoms with Crippen LogP contribution in [0.1, 0.15) is 57.8 Å². The van der Waals surface area contributed by atoms with Crippen LogP contribution in [0, 0.1) is 5.92 Å². The smallest absolute Gasteiger partial charge is 0.227 e. The van der Waals surface area contributed by atoms with Gasteiger partial charge in [0.25, 0.3) is 0 Å². The number of hydrogen-bond donors (Lipinski definition) is 1. The normalized spacial score (nSPS) is 43.3. The monoisotopic (exact) mass is 544 g/mol. The van der Waals surface area contributed by atoms with Gasteiger partial charge in [-0.1, -0.05) is 0 Å². The van der Waals surface area contributed by atoms with Crippen LogP contribution in [-0.2, 0) is 24.3 Å². The van der Waals surface area contributed by atoms with Gasteiger partial charge in [-0.3, -0.25) is 4.79 Å². The first-order valence-corrected chi connectivity index (χ1v) is 14.6. The molecular weight excluding hydrogens is 509 g/mol. The van der Waals surface area contributed by atoms with Gasteiger partial charge in [0.2, 0.25) is 15.9 Å². The average molecular weight is 545 g/mol. The van der Waals surface area contributed by atoms with Gasteiger partial charge in [-0.05, 0) is 57.8 Å². The maximum atomic E-state index is 14.4. The van der Waals surface area contributed by atoms with Crippen molar-refractivity contribution in [2.24, 2.45) is 5.92 Å². The van der Waals surface area contributed by atoms with Crippen LogP contribution in [-0.4, -0.2) is 92.3 Å². The van der Waals surface area contributed by atoms with Crippen molar-refractivity contribution in [3.8, 4) is 0 Å². The van der Waals surface area contributed by atoms with Gasteiger partial charge in [0.15, 0.2) is 0 Å². The number of rotatable bonds is 6. The minimum atomic E-state index is -3.96. The second-order valence-electron chi connectivity index (χ2n) is 10.4. The maximum absolute atomic E-state index is 14.4. The number of amides is 1. The zero-order valence-electron chi connectivity index (χ0n) is 20.0. The fourth-order valence-corrected chi connectivity index (χ4v) is 8.78. The zero-order chi connectivity index (χ0) is 25.3. The number of halogens is 4. The number of methoxy groups -OCH3 is 1. The van der Waals surface area contributed by atoms with Crippen LogP contribution in [0.5, 0.6) is 0 Å². The molecule has 0 aromatic carbocycles. The van der Waals surface area contributed by atoms with Crippen molar-refractivity contribution < 1.29 is 35.9 Å². The van der Waals surface area contributed by atoms with E-state index in [0.29, 0.717) is 38.5 Å². The Hall–Kier alpha value is -0.620. The highest BCUT2D eigenvalue weighted by atomic mass is 35.5. The topological polar surface area (TPSA) is 84.9 Å². The molecule has 1 heterocycles. The van der Waals surface area contributed by atoms with Crippen molar-refractivity contribution >= 4 is 27.5 Å². The molecule has 1 saturated heterocycles. The van der Waals surface area contributed by atoms with Crippen LogP contribution in [0.25, 0.3) is 0 Å². The number of morpholine rings is 1. The van der Waals surface area contributed by atoms with E-state index in [2.05, 4.69) is 5.32 Å². The van der Waals surface area contributed by atoms with Crippen molar-refractivity contribution in [1.82, 2.24) is 9.62 Å². The number of fused-ring (bicyclic) bond motifs is 1. The van der Waals surface area contributed by atoms with Crippen molar-refractivity contribution in [2.75, 3.05) is 20.3 Å². The third-order valence-corrected chi connectivity index (χ3v) is 10.8. The van der Waals surface area contributed by atoms with Crippen molar-refractivity contribution in [3.63, 3.8) is 0 Å². The number of carbonyl (C=O) groups is 1. The molecule has 1 aliphatic heterocycles. The molecule has 4 aliphatic rings. The third kappa shape index (κ3) is 5.94. The number of nitrogens with zero attached hydrogens (tertiary/aromatic N) is 1. The molecule has 1 N–H and O–H groups in total. The van der Waals surface area contributed by atoms with Crippen molar-refractivity contribution in [3.05, 3.63) is 0 Å². The molecule has 10 unspecified atom stereocenters. The molecular formula is C23H36ClF3N2O5S. The Labute approximate surface area is 210 Å². The molecule has 0 spiro atoms. The predicted octanol–water partition coefficient (Wildman–Crippen LogP) is 3.04. The molecule has 10 atom stereocenters. The van der Waals surface area contributed by atoms with E-state index >= 15 is 0 Å². The molecule has 202 valence electrons. The summed E-state index contributed by atoms with van der Waals surface area (Å²) < 4.78 is 82.2. The van der Waals surface area contributed by atoms with Crippen LogP contribution in [0.4, 0.5) is 13.2 Å². The van der Waals surface area contributed by atoms with Crippen molar-refractivity contribution in [2.45, 2.75) is 111 Å². The zero-order valence-corrected chi connectivity index (χ0v) is 21.5. The summed E-state index contributed by atoms with van der Waals surface area (Å²) in [5.74, 6) is -1.36. The SMILES string of the molecule is COCC1CN(S(=O)(=O)C2CCC(F)C(F)C2)C2CC(NC(=O)C3C(F)CCCC3Cl)CCC2O1. The van der Waals surface area contributed by atoms with Gasteiger partial charge < -0.3 is 14.8 Å². The number of carbonyl (C=O) groups excluding carboxylic acids is 1. The summed E-state index contributed by atoms with van der Waals surface area (Å²) in [5, 5.41) is 1.33. The van der Waals surface area contributed by atoms with Gasteiger partial charge in [-0.2, -0.15) is 4.31 Å². The van der Waals surface area contributed by atoms with Crippen LogP contribution >= 0.6 is 11.6 Å². The lowest BCUT2D eigenvalue weighted by Gasteiger charge is -2.49. The molecule has 3 aliphatic carbocycles. The van der Waals surface area contributed by atoms with E-state index in [-0.39, 0.29) is 38.5 Å². The Bertz CT molecular complexity index is 845. The van der Waals surface area contributed by atoms with Gasteiger partial charge >= 0.3 is 0 Å². The molecule has 0 aromatic heterocycles. The maximum Gasteiger partial charge on any atom is 0.227 e. The summed E-state index contributed by atoms with van der Waals surface area (Å²) in [6, 6.07) is -0.926. The average Bonchev–Trinajstić information content (AvgIpc) is 2.80. The highest BCUT2D eigenvalue weighted by Crippen LogP contribution is 2.38. The second-order valence-corrected chi connectivity index (χ2v) is 13.1. The van der Waals surface area contributed by atoms with Crippen LogP contribution < -0.4 is 5.32 Å². The van der Waals surface area contributed by atoms with Gasteiger partial charge in [0.05, 0.1) is 36.0 Å². The van der Waals surface area contributed by atoms with Gasteiger partial charge in [-0.25, -0.2) is 21.6 Å². The lowest BCUT2D eigenvalue weighted by Crippen LogP contribution is -2.63. The lowest BCUT2D eigenvalue weighted by molar-refractivity contribution is -0.137. The molecule has 4 fully saturated rings. The van der Waals surface area contributed by atoms with Crippen LogP contribution in [0.2, 0.25) is 0 Å². The minimum absolute atomic E-state index is 0.0451. The fourth-order valence-electron chi connectivity index (χ4n) is 6.13. The summed E-state index contributed by atoms with van der Waals surface area (Å²) in [4.78, 5) is 12.9. The van der Waals surface area contributed by atoms with E-state index in [4.69, 9.17) is 21.1 Å². The van der Waals surface area contributed by atoms with Crippen molar-refractivity contribution in [1.29, 1.82) is 0 Å². The first kappa shape index (κ1) is 27.4. The molecule has 12 heteroatoms. The molecule has 0 radical (unpaired) electrons. The minimum Gasteiger partial charge on any atom is -0.382 e. The number of nitrogens with one attached hydrogen (secondary N) is 1. The van der Waals surface area contributed by atoms with E-state index in [0.717, 1.165) is 0 Å². The number of sulfonamides is 1. The van der Waals surface area contributed by atoms with Crippen LogP contribution in [0.15, 0.2) is 0 Å². The summed E-state index contributed by atoms with van der Waals surface area (Å²) in [5.41, 5.74) is 0. The number of ether oxygens (including phenoxy) is 2. The fraction of sp³-hybridized carbons (Fsp3) is 0.957. The highest BCUT2D eigenvalue weighted by molar-refractivity contribution is 7.89. The Morgan fingerprint density at radius 3 is 2.51 bits per heavy atom. The molecule has 35 heavy (non-hydrogen) atoms. The standard InChI is InChI=1S/C23H36ClF3N2O5S/c1-33-12-14-11-29(35(31,32)15-6-7-17(25)19(27)10-15)20-9-13(5-8-21(20)34-14)28-23(30)22-16(24)3-2-4-18(22)26/h13-22H,2-12H2,1H3,(H,28,30). The second kappa shape index (κ2) is 11.4. The van der Waals surface area contributed by atoms with Gasteiger partial charge in [0.1, 0.15) is 18.5 Å². The number of hydrogen-bond acceptors (Lipinski definition) is 5. The van der Waals surface area contributed by atoms with Crippen LogP contribution in [0.3, 0.4) is 0 Å². The first-order valence-electron chi connectivity index (χ1n) is 12.6. The van der Waals surface area contributed by atoms with E-state index in [9.17, 15) is 26.4 Å². The molecule has 3 saturated carbocycles. The molecule has 1 amide bonds. The number of alkyl halides is 4. The summed E-state index contributed by atoms with van der Waals surface area (Å²) in [6.07, 6.45) is -3.21. The predicted molar refractivity (Wildman–Crippen MR) is 125 cm³/mol. The summed E-state index contributed by atoms with van der Waals surface area (Å²) in [6.45, 7) is 0.248. The summed E-state index contributed by atoms with van der Waals surface area (Å²) in [7, 11) is -2.45. The van der Waals surface area contributed by atoms with E-state index < -0.39 is 69.2 Å². The van der Waals surface area contributed by atoms with Gasteiger partial charge in [-0.15, -0.1) is 11.6 Å². The first-order chi connectivity index (χ1) is 16.6. The third-order valence-electron chi connectivity index (χ3n) is 8.01. The Balaban J connectivity index is 1.49. The molecule has 0 bridgehead atoms. The Morgan fingerprint density at radius 1 is 1.06 bits per heavy atom. The largest absolute Gasteiger partial charge is 0.382 e. The molecule has 4 rings (SSSR count). The highest BCUT2D eigenvalue weighted by Gasteiger charge is 2.50. The quantitative estimate of drug-likeness (QED) is 0.520.